The third-order valence-corrected chi connectivity index (χ3v) is 3.47. The minimum Gasteiger partial charge on any atom is -0.307 e. The van der Waals surface area contributed by atoms with Crippen LogP contribution in [0, 0.1) is 35.0 Å². The molecule has 0 N–H and O–H groups in total. The van der Waals surface area contributed by atoms with Crippen molar-refractivity contribution in [2.45, 2.75) is 32.4 Å². The van der Waals surface area contributed by atoms with Crippen LogP contribution in [0.15, 0.2) is 24.5 Å². The van der Waals surface area contributed by atoms with Crippen molar-refractivity contribution in [3.63, 3.8) is 0 Å². The summed E-state index contributed by atoms with van der Waals surface area (Å²) in [5, 5.41) is 18.4. The standard InChI is InChI=1S/C15H13F3N4/c1-11-3-2-6-22-8-12(21-13(11)22)7-14(9-19,10-20)4-5-15(16,17)18/h2-3,6,8H,4-5,7H2,1H3. The van der Waals surface area contributed by atoms with Crippen LogP contribution in [0.1, 0.15) is 24.1 Å². The first-order valence-electron chi connectivity index (χ1n) is 6.61. The van der Waals surface area contributed by atoms with E-state index < -0.39 is 24.4 Å². The van der Waals surface area contributed by atoms with Crippen LogP contribution in [0.5, 0.6) is 0 Å². The molecular formula is C15H13F3N4. The van der Waals surface area contributed by atoms with Crippen LogP contribution in [-0.2, 0) is 6.42 Å². The number of hydrogen-bond acceptors (Lipinski definition) is 3. The van der Waals surface area contributed by atoms with Crippen LogP contribution in [-0.4, -0.2) is 15.6 Å². The first-order chi connectivity index (χ1) is 10.3. The van der Waals surface area contributed by atoms with Gasteiger partial charge in [0.2, 0.25) is 0 Å². The minimum atomic E-state index is -4.39. The fourth-order valence-corrected chi connectivity index (χ4v) is 2.26. The van der Waals surface area contributed by atoms with Gasteiger partial charge in [-0.1, -0.05) is 6.07 Å². The maximum absolute atomic E-state index is 12.4. The molecule has 0 fully saturated rings. The van der Waals surface area contributed by atoms with Crippen LogP contribution in [0.3, 0.4) is 0 Å². The van der Waals surface area contributed by atoms with Gasteiger partial charge < -0.3 is 4.40 Å². The molecule has 2 heterocycles. The Labute approximate surface area is 125 Å². The van der Waals surface area contributed by atoms with Gasteiger partial charge in [0.05, 0.1) is 17.8 Å². The minimum absolute atomic E-state index is 0.128. The predicted molar refractivity (Wildman–Crippen MR) is 72.6 cm³/mol. The van der Waals surface area contributed by atoms with Crippen LogP contribution < -0.4 is 0 Å². The number of pyridine rings is 1. The van der Waals surface area contributed by atoms with E-state index in [4.69, 9.17) is 0 Å². The molecule has 0 aliphatic carbocycles. The summed E-state index contributed by atoms with van der Waals surface area (Å²) in [4.78, 5) is 4.32. The Balaban J connectivity index is 2.29. The summed E-state index contributed by atoms with van der Waals surface area (Å²) in [7, 11) is 0. The van der Waals surface area contributed by atoms with Gasteiger partial charge in [-0.15, -0.1) is 0 Å². The number of fused-ring (bicyclic) bond motifs is 1. The average Bonchev–Trinajstić information content (AvgIpc) is 2.86. The molecule has 0 spiro atoms. The van der Waals surface area contributed by atoms with E-state index in [1.54, 1.807) is 28.9 Å². The van der Waals surface area contributed by atoms with Gasteiger partial charge in [-0.25, -0.2) is 4.98 Å². The molecule has 0 amide bonds. The molecule has 0 aromatic carbocycles. The molecule has 0 atom stereocenters. The first kappa shape index (κ1) is 15.8. The molecule has 2 aromatic rings. The maximum atomic E-state index is 12.4. The fraction of sp³-hybridized carbons (Fsp3) is 0.400. The number of nitriles is 2. The Morgan fingerprint density at radius 2 is 1.91 bits per heavy atom. The maximum Gasteiger partial charge on any atom is 0.389 e. The van der Waals surface area contributed by atoms with Crippen molar-refractivity contribution in [2.75, 3.05) is 0 Å². The summed E-state index contributed by atoms with van der Waals surface area (Å²) in [5.74, 6) is 0. The second-order valence-corrected chi connectivity index (χ2v) is 5.25. The largest absolute Gasteiger partial charge is 0.389 e. The Morgan fingerprint density at radius 1 is 1.23 bits per heavy atom. The van der Waals surface area contributed by atoms with Gasteiger partial charge in [0.25, 0.3) is 0 Å². The lowest BCUT2D eigenvalue weighted by Gasteiger charge is -2.18. The van der Waals surface area contributed by atoms with E-state index in [1.165, 1.54) is 0 Å². The molecule has 0 saturated carbocycles. The van der Waals surface area contributed by atoms with E-state index in [9.17, 15) is 23.7 Å². The third kappa shape index (κ3) is 3.37. The number of nitrogens with zero attached hydrogens (tertiary/aromatic N) is 4. The highest BCUT2D eigenvalue weighted by atomic mass is 19.4. The summed E-state index contributed by atoms with van der Waals surface area (Å²) < 4.78 is 38.9. The summed E-state index contributed by atoms with van der Waals surface area (Å²) in [6.45, 7) is 1.86. The molecule has 0 aliphatic rings. The third-order valence-electron chi connectivity index (χ3n) is 3.47. The highest BCUT2D eigenvalue weighted by Crippen LogP contribution is 2.33. The molecule has 22 heavy (non-hydrogen) atoms. The highest BCUT2D eigenvalue weighted by molar-refractivity contribution is 5.48. The van der Waals surface area contributed by atoms with Crippen LogP contribution >= 0.6 is 0 Å². The molecule has 114 valence electrons. The molecule has 0 saturated heterocycles. The smallest absolute Gasteiger partial charge is 0.307 e. The SMILES string of the molecule is Cc1cccn2cc(CC(C#N)(C#N)CCC(F)(F)F)nc12. The zero-order chi connectivity index (χ0) is 16.4. The van der Waals surface area contributed by atoms with Crippen molar-refractivity contribution >= 4 is 5.65 Å². The summed E-state index contributed by atoms with van der Waals surface area (Å²) in [5.41, 5.74) is 0.280. The van der Waals surface area contributed by atoms with E-state index in [-0.39, 0.29) is 6.42 Å². The number of halogens is 3. The van der Waals surface area contributed by atoms with E-state index in [0.29, 0.717) is 11.3 Å². The van der Waals surface area contributed by atoms with Crippen molar-refractivity contribution in [1.82, 2.24) is 9.38 Å². The number of alkyl halides is 3. The molecule has 0 bridgehead atoms. The quantitative estimate of drug-likeness (QED) is 0.867. The predicted octanol–water partition coefficient (Wildman–Crippen LogP) is 3.56. The van der Waals surface area contributed by atoms with Gasteiger partial charge in [-0.2, -0.15) is 23.7 Å². The molecular weight excluding hydrogens is 293 g/mol. The highest BCUT2D eigenvalue weighted by Gasteiger charge is 2.37. The summed E-state index contributed by atoms with van der Waals surface area (Å²) >= 11 is 0. The lowest BCUT2D eigenvalue weighted by molar-refractivity contribution is -0.138. The molecule has 2 rings (SSSR count). The summed E-state index contributed by atoms with van der Waals surface area (Å²) in [6.07, 6.45) is -2.85. The fourth-order valence-electron chi connectivity index (χ4n) is 2.26. The first-order valence-corrected chi connectivity index (χ1v) is 6.61. The van der Waals surface area contributed by atoms with Crippen LogP contribution in [0.25, 0.3) is 5.65 Å². The zero-order valence-electron chi connectivity index (χ0n) is 11.9. The second-order valence-electron chi connectivity index (χ2n) is 5.25. The number of aryl methyl sites for hydroxylation is 1. The number of aromatic nitrogens is 2. The molecule has 0 unspecified atom stereocenters. The Bertz CT molecular complexity index is 748. The van der Waals surface area contributed by atoms with Crippen molar-refractivity contribution < 1.29 is 13.2 Å². The van der Waals surface area contributed by atoms with E-state index in [0.717, 1.165) is 5.56 Å². The topological polar surface area (TPSA) is 64.9 Å². The van der Waals surface area contributed by atoms with Crippen molar-refractivity contribution in [2.24, 2.45) is 5.41 Å². The second kappa shape index (κ2) is 5.69. The van der Waals surface area contributed by atoms with E-state index in [1.807, 2.05) is 19.1 Å². The molecule has 7 heteroatoms. The normalized spacial score (nSPS) is 12.1. The molecule has 2 aromatic heterocycles. The van der Waals surface area contributed by atoms with Crippen molar-refractivity contribution in [3.05, 3.63) is 35.8 Å². The van der Waals surface area contributed by atoms with Gasteiger partial charge in [-0.3, -0.25) is 0 Å². The van der Waals surface area contributed by atoms with Crippen LogP contribution in [0.4, 0.5) is 13.2 Å². The van der Waals surface area contributed by atoms with E-state index in [2.05, 4.69) is 4.98 Å². The van der Waals surface area contributed by atoms with Gasteiger partial charge in [0.1, 0.15) is 11.1 Å². The van der Waals surface area contributed by atoms with Crippen molar-refractivity contribution in [3.8, 4) is 12.1 Å². The molecule has 4 nitrogen and oxygen atoms in total. The van der Waals surface area contributed by atoms with Gasteiger partial charge in [-0.05, 0) is 25.0 Å². The van der Waals surface area contributed by atoms with Gasteiger partial charge >= 0.3 is 6.18 Å². The number of rotatable bonds is 4. The monoisotopic (exact) mass is 306 g/mol. The average molecular weight is 306 g/mol. The molecule has 0 radical (unpaired) electrons. The lowest BCUT2D eigenvalue weighted by atomic mass is 9.82. The zero-order valence-corrected chi connectivity index (χ0v) is 11.9. The Kier molecular flexibility index (Phi) is 4.09. The van der Waals surface area contributed by atoms with Crippen molar-refractivity contribution in [1.29, 1.82) is 10.5 Å². The number of imidazole rings is 1. The van der Waals surface area contributed by atoms with E-state index >= 15 is 0 Å². The number of hydrogen-bond donors (Lipinski definition) is 0. The Morgan fingerprint density at radius 3 is 2.45 bits per heavy atom. The van der Waals surface area contributed by atoms with Crippen LogP contribution in [0.2, 0.25) is 0 Å². The van der Waals surface area contributed by atoms with Gasteiger partial charge in [0.15, 0.2) is 0 Å². The van der Waals surface area contributed by atoms with Gasteiger partial charge in [0, 0.05) is 25.2 Å². The lowest BCUT2D eigenvalue weighted by Crippen LogP contribution is -2.23. The Hall–Kier alpha value is -2.54. The summed E-state index contributed by atoms with van der Waals surface area (Å²) in [6, 6.07) is 7.15. The molecule has 0 aliphatic heterocycles.